The van der Waals surface area contributed by atoms with Gasteiger partial charge in [-0.3, -0.25) is 4.79 Å². The number of ether oxygens (including phenoxy) is 1. The molecule has 1 atom stereocenters. The highest BCUT2D eigenvalue weighted by atomic mass is 32.1. The van der Waals surface area contributed by atoms with Crippen molar-refractivity contribution in [3.63, 3.8) is 0 Å². The van der Waals surface area contributed by atoms with Crippen molar-refractivity contribution in [1.29, 1.82) is 0 Å². The van der Waals surface area contributed by atoms with Gasteiger partial charge in [-0.2, -0.15) is 12.6 Å². The van der Waals surface area contributed by atoms with Crippen LogP contribution in [0, 0.1) is 5.92 Å². The van der Waals surface area contributed by atoms with Gasteiger partial charge in [0, 0.05) is 13.1 Å². The van der Waals surface area contributed by atoms with Gasteiger partial charge in [0.15, 0.2) is 0 Å². The molecule has 0 saturated carbocycles. The minimum atomic E-state index is 0.124. The maximum atomic E-state index is 11.4. The molecule has 0 spiro atoms. The Labute approximate surface area is 91.2 Å². The molecule has 0 bridgehead atoms. The molecule has 1 amide bonds. The molecule has 0 aromatic carbocycles. The van der Waals surface area contributed by atoms with Gasteiger partial charge in [-0.05, 0) is 18.1 Å². The van der Waals surface area contributed by atoms with Crippen LogP contribution < -0.4 is 0 Å². The summed E-state index contributed by atoms with van der Waals surface area (Å²) in [6.45, 7) is 4.69. The van der Waals surface area contributed by atoms with Crippen molar-refractivity contribution in [2.24, 2.45) is 5.92 Å². The van der Waals surface area contributed by atoms with E-state index in [9.17, 15) is 4.79 Å². The molecule has 0 aromatic heterocycles. The molecule has 1 unspecified atom stereocenters. The third-order valence-corrected chi connectivity index (χ3v) is 3.03. The van der Waals surface area contributed by atoms with E-state index >= 15 is 0 Å². The molecule has 1 aliphatic heterocycles. The van der Waals surface area contributed by atoms with Crippen molar-refractivity contribution in [2.75, 3.05) is 32.1 Å². The second kappa shape index (κ2) is 6.30. The molecule has 1 aliphatic rings. The highest BCUT2D eigenvalue weighted by Gasteiger charge is 2.20. The van der Waals surface area contributed by atoms with Crippen LogP contribution in [0.15, 0.2) is 0 Å². The van der Waals surface area contributed by atoms with Gasteiger partial charge in [-0.15, -0.1) is 0 Å². The standard InChI is InChI=1S/C10H19NO2S/c1-2-3-9(8-14)6-11-4-5-13-7-10(11)12/h9,14H,2-8H2,1H3. The summed E-state index contributed by atoms with van der Waals surface area (Å²) in [7, 11) is 0. The summed E-state index contributed by atoms with van der Waals surface area (Å²) < 4.78 is 5.08. The molecule has 4 heteroatoms. The van der Waals surface area contributed by atoms with Crippen LogP contribution in [0.3, 0.4) is 0 Å². The zero-order chi connectivity index (χ0) is 10.4. The highest BCUT2D eigenvalue weighted by Crippen LogP contribution is 2.12. The summed E-state index contributed by atoms with van der Waals surface area (Å²) in [6, 6.07) is 0. The smallest absolute Gasteiger partial charge is 0.248 e. The molecule has 1 fully saturated rings. The Morgan fingerprint density at radius 1 is 1.64 bits per heavy atom. The van der Waals surface area contributed by atoms with Crippen LogP contribution in [0.4, 0.5) is 0 Å². The normalized spacial score (nSPS) is 19.9. The Balaban J connectivity index is 2.35. The zero-order valence-corrected chi connectivity index (χ0v) is 9.63. The van der Waals surface area contributed by atoms with Gasteiger partial charge >= 0.3 is 0 Å². The Kier molecular flexibility index (Phi) is 5.33. The number of hydrogen-bond donors (Lipinski definition) is 1. The molecule has 1 heterocycles. The van der Waals surface area contributed by atoms with E-state index in [1.54, 1.807) is 0 Å². The monoisotopic (exact) mass is 217 g/mol. The zero-order valence-electron chi connectivity index (χ0n) is 8.74. The van der Waals surface area contributed by atoms with Gasteiger partial charge in [0.25, 0.3) is 0 Å². The summed E-state index contributed by atoms with van der Waals surface area (Å²) in [5.41, 5.74) is 0. The molecule has 1 saturated heterocycles. The molecule has 0 aromatic rings. The largest absolute Gasteiger partial charge is 0.370 e. The molecule has 14 heavy (non-hydrogen) atoms. The van der Waals surface area contributed by atoms with E-state index < -0.39 is 0 Å². The van der Waals surface area contributed by atoms with Crippen LogP contribution in [-0.4, -0.2) is 42.9 Å². The SMILES string of the molecule is CCCC(CS)CN1CCOCC1=O. The van der Waals surface area contributed by atoms with Crippen molar-refractivity contribution in [3.05, 3.63) is 0 Å². The van der Waals surface area contributed by atoms with Crippen molar-refractivity contribution in [1.82, 2.24) is 4.90 Å². The molecular weight excluding hydrogens is 198 g/mol. The van der Waals surface area contributed by atoms with Crippen molar-refractivity contribution in [3.8, 4) is 0 Å². The van der Waals surface area contributed by atoms with E-state index in [2.05, 4.69) is 19.6 Å². The van der Waals surface area contributed by atoms with E-state index in [4.69, 9.17) is 4.74 Å². The first-order valence-electron chi connectivity index (χ1n) is 5.24. The molecular formula is C10H19NO2S. The first-order chi connectivity index (χ1) is 6.77. The fourth-order valence-electron chi connectivity index (χ4n) is 1.70. The van der Waals surface area contributed by atoms with Crippen LogP contribution >= 0.6 is 12.6 Å². The highest BCUT2D eigenvalue weighted by molar-refractivity contribution is 7.80. The summed E-state index contributed by atoms with van der Waals surface area (Å²) >= 11 is 4.31. The Bertz CT molecular complexity index is 187. The summed E-state index contributed by atoms with van der Waals surface area (Å²) in [5, 5.41) is 0. The molecule has 82 valence electrons. The number of carbonyl (C=O) groups is 1. The number of morpholine rings is 1. The Morgan fingerprint density at radius 2 is 2.43 bits per heavy atom. The molecule has 0 radical (unpaired) electrons. The first-order valence-corrected chi connectivity index (χ1v) is 5.87. The first kappa shape index (κ1) is 11.9. The second-order valence-corrected chi connectivity index (χ2v) is 4.09. The van der Waals surface area contributed by atoms with Crippen molar-refractivity contribution in [2.45, 2.75) is 19.8 Å². The lowest BCUT2D eigenvalue weighted by Crippen LogP contribution is -2.44. The summed E-state index contributed by atoms with van der Waals surface area (Å²) in [4.78, 5) is 13.3. The number of rotatable bonds is 5. The fourth-order valence-corrected chi connectivity index (χ4v) is 2.00. The van der Waals surface area contributed by atoms with Crippen molar-refractivity contribution < 1.29 is 9.53 Å². The van der Waals surface area contributed by atoms with E-state index in [0.29, 0.717) is 12.5 Å². The quantitative estimate of drug-likeness (QED) is 0.701. The molecule has 0 N–H and O–H groups in total. The molecule has 3 nitrogen and oxygen atoms in total. The maximum absolute atomic E-state index is 11.4. The molecule has 1 rings (SSSR count). The average Bonchev–Trinajstić information content (AvgIpc) is 2.20. The summed E-state index contributed by atoms with van der Waals surface area (Å²) in [6.07, 6.45) is 2.30. The number of carbonyl (C=O) groups excluding carboxylic acids is 1. The lowest BCUT2D eigenvalue weighted by Gasteiger charge is -2.30. The van der Waals surface area contributed by atoms with Gasteiger partial charge in [0.2, 0.25) is 5.91 Å². The van der Waals surface area contributed by atoms with Crippen LogP contribution in [0.5, 0.6) is 0 Å². The van der Waals surface area contributed by atoms with E-state index in [1.807, 2.05) is 4.90 Å². The Hall–Kier alpha value is -0.220. The maximum Gasteiger partial charge on any atom is 0.248 e. The topological polar surface area (TPSA) is 29.5 Å². The minimum Gasteiger partial charge on any atom is -0.370 e. The van der Waals surface area contributed by atoms with Gasteiger partial charge in [-0.1, -0.05) is 13.3 Å². The van der Waals surface area contributed by atoms with Crippen LogP contribution in [0.1, 0.15) is 19.8 Å². The average molecular weight is 217 g/mol. The van der Waals surface area contributed by atoms with Gasteiger partial charge in [0.05, 0.1) is 6.61 Å². The third kappa shape index (κ3) is 3.50. The predicted octanol–water partition coefficient (Wildman–Crippen LogP) is 1.19. The fraction of sp³-hybridized carbons (Fsp3) is 0.900. The molecule has 0 aliphatic carbocycles. The number of thiol groups is 1. The van der Waals surface area contributed by atoms with Crippen LogP contribution in [0.2, 0.25) is 0 Å². The van der Waals surface area contributed by atoms with E-state index in [1.165, 1.54) is 0 Å². The predicted molar refractivity (Wildman–Crippen MR) is 59.7 cm³/mol. The summed E-state index contributed by atoms with van der Waals surface area (Å²) in [5.74, 6) is 1.52. The van der Waals surface area contributed by atoms with Gasteiger partial charge in [-0.25, -0.2) is 0 Å². The number of nitrogens with zero attached hydrogens (tertiary/aromatic N) is 1. The third-order valence-electron chi connectivity index (χ3n) is 2.52. The lowest BCUT2D eigenvalue weighted by molar-refractivity contribution is -0.143. The van der Waals surface area contributed by atoms with E-state index in [-0.39, 0.29) is 12.5 Å². The van der Waals surface area contributed by atoms with Gasteiger partial charge < -0.3 is 9.64 Å². The van der Waals surface area contributed by atoms with Crippen molar-refractivity contribution >= 4 is 18.5 Å². The lowest BCUT2D eigenvalue weighted by atomic mass is 10.1. The minimum absolute atomic E-state index is 0.124. The van der Waals surface area contributed by atoms with Gasteiger partial charge in [0.1, 0.15) is 6.61 Å². The second-order valence-electron chi connectivity index (χ2n) is 3.73. The number of amides is 1. The Morgan fingerprint density at radius 3 is 3.00 bits per heavy atom. The van der Waals surface area contributed by atoms with Crippen LogP contribution in [-0.2, 0) is 9.53 Å². The van der Waals surface area contributed by atoms with Crippen LogP contribution in [0.25, 0.3) is 0 Å². The number of hydrogen-bond acceptors (Lipinski definition) is 3. The van der Waals surface area contributed by atoms with E-state index in [0.717, 1.165) is 31.7 Å².